The summed E-state index contributed by atoms with van der Waals surface area (Å²) in [5, 5.41) is 0.946. The van der Waals surface area contributed by atoms with Crippen LogP contribution in [-0.2, 0) is 47.3 Å². The molecule has 2 aromatic heterocycles. The summed E-state index contributed by atoms with van der Waals surface area (Å²) in [7, 11) is 0. The van der Waals surface area contributed by atoms with Crippen molar-refractivity contribution in [3.05, 3.63) is 63.4 Å². The molecule has 0 radical (unpaired) electrons. The van der Waals surface area contributed by atoms with Crippen LogP contribution in [0, 0.1) is 0 Å². The zero-order valence-electron chi connectivity index (χ0n) is 22.0. The maximum absolute atomic E-state index is 13.6. The van der Waals surface area contributed by atoms with Crippen molar-refractivity contribution in [1.82, 2.24) is 14.4 Å². The number of halogens is 1. The van der Waals surface area contributed by atoms with Crippen LogP contribution in [0.4, 0.5) is 0 Å². The summed E-state index contributed by atoms with van der Waals surface area (Å²) < 4.78 is 18.0. The highest BCUT2D eigenvalue weighted by Gasteiger charge is 2.51. The van der Waals surface area contributed by atoms with Gasteiger partial charge in [-0.25, -0.2) is 14.6 Å². The van der Waals surface area contributed by atoms with Gasteiger partial charge in [0.1, 0.15) is 18.2 Å². The molecule has 11 heteroatoms. The topological polar surface area (TPSA) is 126 Å². The van der Waals surface area contributed by atoms with Crippen molar-refractivity contribution in [3.63, 3.8) is 0 Å². The quantitative estimate of drug-likeness (QED) is 0.217. The first-order valence-electron chi connectivity index (χ1n) is 12.6. The van der Waals surface area contributed by atoms with Crippen LogP contribution >= 0.6 is 11.8 Å². The van der Waals surface area contributed by atoms with Crippen molar-refractivity contribution in [2.24, 2.45) is 0 Å². The molecule has 0 unspecified atom stereocenters. The van der Waals surface area contributed by atoms with Crippen molar-refractivity contribution < 1.29 is 28.6 Å². The third-order valence-electron chi connectivity index (χ3n) is 6.87. The second kappa shape index (κ2) is 9.77. The molecule has 1 aromatic carbocycles. The summed E-state index contributed by atoms with van der Waals surface area (Å²) in [6.45, 7) is 6.79. The van der Waals surface area contributed by atoms with Crippen molar-refractivity contribution in [3.8, 4) is 11.4 Å². The fourth-order valence-electron chi connectivity index (χ4n) is 5.04. The van der Waals surface area contributed by atoms with Gasteiger partial charge in [0.05, 0.1) is 35.4 Å². The molecule has 0 saturated carbocycles. The van der Waals surface area contributed by atoms with E-state index in [1.165, 1.54) is 0 Å². The number of hydrogen-bond acceptors (Lipinski definition) is 9. The minimum absolute atomic E-state index is 0.0209. The van der Waals surface area contributed by atoms with E-state index >= 15 is 0 Å². The van der Waals surface area contributed by atoms with Crippen LogP contribution in [0.3, 0.4) is 0 Å². The molecular formula is C28H28ClN3O7. The van der Waals surface area contributed by atoms with Gasteiger partial charge in [0.15, 0.2) is 0 Å². The highest BCUT2D eigenvalue weighted by molar-refractivity contribution is 6.15. The summed E-state index contributed by atoms with van der Waals surface area (Å²) in [4.78, 5) is 59.5. The Morgan fingerprint density at radius 2 is 1.97 bits per heavy atom. The largest absolute Gasteiger partial charge is 0.460 e. The molecule has 3 aromatic rings. The summed E-state index contributed by atoms with van der Waals surface area (Å²) >= 11 is 5.79. The van der Waals surface area contributed by atoms with E-state index in [1.54, 1.807) is 38.3 Å². The van der Waals surface area contributed by atoms with Crippen LogP contribution in [0.2, 0.25) is 0 Å². The predicted molar refractivity (Wildman–Crippen MR) is 142 cm³/mol. The average molecular weight is 554 g/mol. The Kier molecular flexibility index (Phi) is 6.72. The van der Waals surface area contributed by atoms with Crippen molar-refractivity contribution >= 4 is 40.6 Å². The minimum Gasteiger partial charge on any atom is -0.460 e. The van der Waals surface area contributed by atoms with Crippen molar-refractivity contribution in [2.45, 2.75) is 70.9 Å². The number of rotatable bonds is 6. The van der Waals surface area contributed by atoms with Gasteiger partial charge in [0.25, 0.3) is 5.56 Å². The highest BCUT2D eigenvalue weighted by Crippen LogP contribution is 2.41. The maximum Gasteiger partial charge on any atom is 0.355 e. The first-order chi connectivity index (χ1) is 18.5. The van der Waals surface area contributed by atoms with Crippen LogP contribution in [0.5, 0.6) is 0 Å². The van der Waals surface area contributed by atoms with E-state index in [4.69, 9.17) is 31.0 Å². The number of ether oxygens (including phenoxy) is 3. The van der Waals surface area contributed by atoms with Crippen LogP contribution in [0.1, 0.15) is 57.2 Å². The lowest BCUT2D eigenvalue weighted by atomic mass is 9.85. The SMILES string of the molecule is CC[C@@]1(OC(=O)[C@@H](CC(=O)OC(C)(C)C)NCl)C(=O)OCc2c1cc1n(c2=O)Cc2cc3ccccc3nc2-1. The highest BCUT2D eigenvalue weighted by atomic mass is 35.5. The Morgan fingerprint density at radius 1 is 1.23 bits per heavy atom. The summed E-state index contributed by atoms with van der Waals surface area (Å²) in [6.07, 6.45) is -0.453. The van der Waals surface area contributed by atoms with Crippen LogP contribution in [-0.4, -0.2) is 39.1 Å². The number of nitrogens with zero attached hydrogens (tertiary/aromatic N) is 2. The number of benzene rings is 1. The zero-order valence-corrected chi connectivity index (χ0v) is 22.8. The van der Waals surface area contributed by atoms with Crippen LogP contribution in [0.25, 0.3) is 22.3 Å². The molecule has 0 fully saturated rings. The molecule has 0 saturated heterocycles. The van der Waals surface area contributed by atoms with E-state index in [0.717, 1.165) is 16.5 Å². The molecule has 5 rings (SSSR count). The average Bonchev–Trinajstić information content (AvgIpc) is 3.24. The normalized spacial score (nSPS) is 18.5. The fourth-order valence-corrected chi connectivity index (χ4v) is 5.21. The Morgan fingerprint density at radius 3 is 2.67 bits per heavy atom. The molecule has 2 aliphatic rings. The molecular weight excluding hydrogens is 526 g/mol. The molecule has 4 heterocycles. The summed E-state index contributed by atoms with van der Waals surface area (Å²) in [5.74, 6) is -2.46. The van der Waals surface area contributed by atoms with Gasteiger partial charge in [-0.1, -0.05) is 25.1 Å². The summed E-state index contributed by atoms with van der Waals surface area (Å²) in [5.41, 5.74) is 0.173. The lowest BCUT2D eigenvalue weighted by molar-refractivity contribution is -0.191. The monoisotopic (exact) mass is 553 g/mol. The van der Waals surface area contributed by atoms with Crippen molar-refractivity contribution in [1.29, 1.82) is 0 Å². The smallest absolute Gasteiger partial charge is 0.355 e. The van der Waals surface area contributed by atoms with E-state index in [0.29, 0.717) is 17.9 Å². The molecule has 10 nitrogen and oxygen atoms in total. The molecule has 0 amide bonds. The van der Waals surface area contributed by atoms with Crippen LogP contribution < -0.4 is 10.4 Å². The Bertz CT molecular complexity index is 1580. The number of fused-ring (bicyclic) bond motifs is 5. The number of aromatic nitrogens is 2. The van der Waals surface area contributed by atoms with Gasteiger partial charge in [-0.2, -0.15) is 0 Å². The van der Waals surface area contributed by atoms with E-state index in [-0.39, 0.29) is 29.7 Å². The second-order valence-electron chi connectivity index (χ2n) is 10.6. The van der Waals surface area contributed by atoms with E-state index < -0.39 is 41.6 Å². The lowest BCUT2D eigenvalue weighted by Crippen LogP contribution is -2.50. The third kappa shape index (κ3) is 4.68. The summed E-state index contributed by atoms with van der Waals surface area (Å²) in [6, 6.07) is 9.99. The molecule has 0 aliphatic carbocycles. The van der Waals surface area contributed by atoms with Crippen molar-refractivity contribution in [2.75, 3.05) is 0 Å². The van der Waals surface area contributed by atoms with Gasteiger partial charge in [-0.05, 0) is 57.2 Å². The zero-order chi connectivity index (χ0) is 28.1. The number of hydrogen-bond donors (Lipinski definition) is 1. The van der Waals surface area contributed by atoms with E-state index in [9.17, 15) is 19.2 Å². The third-order valence-corrected chi connectivity index (χ3v) is 7.13. The molecule has 204 valence electrons. The number of cyclic esters (lactones) is 1. The van der Waals surface area contributed by atoms with Gasteiger partial charge in [0, 0.05) is 16.5 Å². The molecule has 1 N–H and O–H groups in total. The number of carbonyl (C=O) groups excluding carboxylic acids is 3. The van der Waals surface area contributed by atoms with Gasteiger partial charge in [-0.3, -0.25) is 14.4 Å². The van der Waals surface area contributed by atoms with Gasteiger partial charge in [0.2, 0.25) is 5.60 Å². The molecule has 2 aliphatic heterocycles. The predicted octanol–water partition coefficient (Wildman–Crippen LogP) is 3.47. The number of esters is 3. The van der Waals surface area contributed by atoms with E-state index in [1.807, 2.05) is 30.3 Å². The van der Waals surface area contributed by atoms with Gasteiger partial charge >= 0.3 is 17.9 Å². The Hall–Kier alpha value is -3.76. The standard InChI is InChI=1S/C28H28ClN3O7/c1-5-28(39-25(35)20(31-29)12-22(33)38-27(2,3)4)18-11-21-23-16(10-15-8-6-7-9-19(15)30-23)13-32(21)24(34)17(18)14-37-26(28)36/h6-11,20,31H,5,12-14H2,1-4H3/t20-,28+/m1/s1. The van der Waals surface area contributed by atoms with Gasteiger partial charge in [-0.15, -0.1) is 0 Å². The first kappa shape index (κ1) is 26.8. The first-order valence-corrected chi connectivity index (χ1v) is 13.0. The number of nitrogens with one attached hydrogen (secondary N) is 1. The maximum atomic E-state index is 13.6. The molecule has 0 spiro atoms. The molecule has 0 bridgehead atoms. The van der Waals surface area contributed by atoms with Gasteiger partial charge < -0.3 is 18.8 Å². The number of pyridine rings is 2. The number of para-hydroxylation sites is 1. The Balaban J connectivity index is 1.55. The minimum atomic E-state index is -1.92. The lowest BCUT2D eigenvalue weighted by Gasteiger charge is -2.36. The van der Waals surface area contributed by atoms with E-state index in [2.05, 4.69) is 4.84 Å². The fraction of sp³-hybridized carbons (Fsp3) is 0.393. The molecule has 2 atom stereocenters. The Labute approximate surface area is 229 Å². The molecule has 39 heavy (non-hydrogen) atoms. The number of carbonyl (C=O) groups is 3. The van der Waals surface area contributed by atoms with Crippen LogP contribution in [0.15, 0.2) is 41.2 Å². The second-order valence-corrected chi connectivity index (χ2v) is 10.9.